The summed E-state index contributed by atoms with van der Waals surface area (Å²) in [7, 11) is 0. The Morgan fingerprint density at radius 1 is 0.253 bits per heavy atom. The zero-order valence-electron chi connectivity index (χ0n) is 40.5. The molecule has 0 fully saturated rings. The summed E-state index contributed by atoms with van der Waals surface area (Å²) in [6.45, 7) is 0. The summed E-state index contributed by atoms with van der Waals surface area (Å²) in [5.74, 6) is 1.87. The van der Waals surface area contributed by atoms with Gasteiger partial charge in [-0.25, -0.2) is 15.0 Å². The molecular formula is C69H43N5O. The maximum atomic E-state index is 6.61. The van der Waals surface area contributed by atoms with Gasteiger partial charge in [-0.15, -0.1) is 0 Å². The summed E-state index contributed by atoms with van der Waals surface area (Å²) in [5, 5.41) is 6.99. The van der Waals surface area contributed by atoms with E-state index in [2.05, 4.69) is 209 Å². The molecule has 0 saturated heterocycles. The Balaban J connectivity index is 0.840. The first kappa shape index (κ1) is 42.5. The van der Waals surface area contributed by atoms with Crippen LogP contribution >= 0.6 is 0 Å². The fraction of sp³-hybridized carbons (Fsp3) is 0. The van der Waals surface area contributed by atoms with Crippen molar-refractivity contribution in [3.63, 3.8) is 0 Å². The highest BCUT2D eigenvalue weighted by atomic mass is 16.3. The van der Waals surface area contributed by atoms with Gasteiger partial charge in [0.2, 0.25) is 0 Å². The maximum absolute atomic E-state index is 6.61. The minimum absolute atomic E-state index is 0.612. The smallest absolute Gasteiger partial charge is 0.164 e. The first-order valence-corrected chi connectivity index (χ1v) is 25.3. The minimum atomic E-state index is 0.612. The molecule has 0 spiro atoms. The maximum Gasteiger partial charge on any atom is 0.164 e. The molecule has 6 nitrogen and oxygen atoms in total. The fourth-order valence-corrected chi connectivity index (χ4v) is 11.3. The highest BCUT2D eigenvalue weighted by Crippen LogP contribution is 2.42. The van der Waals surface area contributed by atoms with Crippen molar-refractivity contribution in [3.05, 3.63) is 261 Å². The molecule has 6 heteroatoms. The first-order chi connectivity index (χ1) is 37.2. The lowest BCUT2D eigenvalue weighted by Gasteiger charge is -2.10. The van der Waals surface area contributed by atoms with Gasteiger partial charge in [-0.3, -0.25) is 0 Å². The first-order valence-electron chi connectivity index (χ1n) is 25.3. The number of nitrogens with zero attached hydrogens (tertiary/aromatic N) is 5. The average Bonchev–Trinajstić information content (AvgIpc) is 4.15. The summed E-state index contributed by atoms with van der Waals surface area (Å²) < 4.78 is 11.4. The molecule has 15 aromatic rings. The Hall–Kier alpha value is -10.2. The summed E-state index contributed by atoms with van der Waals surface area (Å²) in [5.41, 5.74) is 18.1. The Bertz CT molecular complexity index is 4630. The zero-order valence-corrected chi connectivity index (χ0v) is 40.5. The van der Waals surface area contributed by atoms with Gasteiger partial charge in [0.1, 0.15) is 11.2 Å². The van der Waals surface area contributed by atoms with Crippen LogP contribution in [0.4, 0.5) is 0 Å². The largest absolute Gasteiger partial charge is 0.456 e. The van der Waals surface area contributed by atoms with E-state index < -0.39 is 0 Å². The van der Waals surface area contributed by atoms with Crippen molar-refractivity contribution in [1.82, 2.24) is 24.1 Å². The van der Waals surface area contributed by atoms with E-state index in [0.717, 1.165) is 83.3 Å². The molecular weight excluding hydrogens is 915 g/mol. The van der Waals surface area contributed by atoms with Crippen molar-refractivity contribution < 1.29 is 4.42 Å². The predicted molar refractivity (Wildman–Crippen MR) is 308 cm³/mol. The van der Waals surface area contributed by atoms with Gasteiger partial charge in [0.25, 0.3) is 0 Å². The van der Waals surface area contributed by atoms with Gasteiger partial charge in [-0.1, -0.05) is 176 Å². The molecule has 0 aliphatic rings. The second kappa shape index (κ2) is 17.3. The van der Waals surface area contributed by atoms with Gasteiger partial charge in [0, 0.05) is 60.4 Å². The molecule has 0 aliphatic heterocycles. The number of hydrogen-bond donors (Lipinski definition) is 0. The number of fused-ring (bicyclic) bond motifs is 9. The quantitative estimate of drug-likeness (QED) is 0.152. The highest BCUT2D eigenvalue weighted by Gasteiger charge is 2.20. The molecule has 0 N–H and O–H groups in total. The predicted octanol–water partition coefficient (Wildman–Crippen LogP) is 18.0. The lowest BCUT2D eigenvalue weighted by molar-refractivity contribution is 0.669. The van der Waals surface area contributed by atoms with Crippen molar-refractivity contribution in [2.45, 2.75) is 0 Å². The van der Waals surface area contributed by atoms with Gasteiger partial charge in [-0.05, 0) is 118 Å². The van der Waals surface area contributed by atoms with Gasteiger partial charge in [-0.2, -0.15) is 0 Å². The molecule has 0 radical (unpaired) electrons. The van der Waals surface area contributed by atoms with Crippen LogP contribution in [0.25, 0.3) is 144 Å². The molecule has 15 rings (SSSR count). The van der Waals surface area contributed by atoms with Gasteiger partial charge >= 0.3 is 0 Å². The number of rotatable bonds is 8. The summed E-state index contributed by atoms with van der Waals surface area (Å²) in [4.78, 5) is 15.0. The van der Waals surface area contributed by atoms with Crippen LogP contribution in [-0.2, 0) is 0 Å². The average molecular weight is 958 g/mol. The molecule has 75 heavy (non-hydrogen) atoms. The summed E-state index contributed by atoms with van der Waals surface area (Å²) in [6, 6.07) is 92.4. The van der Waals surface area contributed by atoms with Crippen LogP contribution < -0.4 is 0 Å². The number of furan rings is 1. The molecule has 4 aromatic heterocycles. The van der Waals surface area contributed by atoms with Crippen LogP contribution in [0.2, 0.25) is 0 Å². The van der Waals surface area contributed by atoms with E-state index in [-0.39, 0.29) is 0 Å². The molecule has 350 valence electrons. The molecule has 11 aromatic carbocycles. The van der Waals surface area contributed by atoms with E-state index in [1.165, 1.54) is 43.7 Å². The number of hydrogen-bond acceptors (Lipinski definition) is 4. The van der Waals surface area contributed by atoms with Gasteiger partial charge < -0.3 is 13.6 Å². The van der Waals surface area contributed by atoms with Crippen molar-refractivity contribution in [2.75, 3.05) is 0 Å². The second-order valence-electron chi connectivity index (χ2n) is 19.2. The summed E-state index contributed by atoms with van der Waals surface area (Å²) >= 11 is 0. The minimum Gasteiger partial charge on any atom is -0.456 e. The monoisotopic (exact) mass is 957 g/mol. The molecule has 0 unspecified atom stereocenters. The highest BCUT2D eigenvalue weighted by molar-refractivity contribution is 6.15. The lowest BCUT2D eigenvalue weighted by atomic mass is 9.96. The molecule has 4 heterocycles. The SMILES string of the molecule is c1ccc(-c2nc(-c3ccccc3)nc(-c3cccc(-c4cccc5oc6ccc(-c7ccc8c(c7)c7ccc(-c9ccc%10c(c9)c9ccccc9n%10-c9ccccc9)cc7n8-c7ccccc7)cc6c45)c3)n2)cc1. The van der Waals surface area contributed by atoms with Crippen LogP contribution in [0.3, 0.4) is 0 Å². The third kappa shape index (κ3) is 7.14. The van der Waals surface area contributed by atoms with Gasteiger partial charge in [0.05, 0.1) is 22.1 Å². The van der Waals surface area contributed by atoms with Crippen molar-refractivity contribution in [1.29, 1.82) is 0 Å². The third-order valence-electron chi connectivity index (χ3n) is 14.8. The van der Waals surface area contributed by atoms with E-state index in [0.29, 0.717) is 17.5 Å². The lowest BCUT2D eigenvalue weighted by Crippen LogP contribution is -2.00. The van der Waals surface area contributed by atoms with E-state index in [1.54, 1.807) is 0 Å². The zero-order chi connectivity index (χ0) is 49.4. The Labute approximate surface area is 431 Å². The molecule has 0 amide bonds. The van der Waals surface area contributed by atoms with E-state index >= 15 is 0 Å². The Morgan fingerprint density at radius 2 is 0.707 bits per heavy atom. The summed E-state index contributed by atoms with van der Waals surface area (Å²) in [6.07, 6.45) is 0. The number of aromatic nitrogens is 5. The van der Waals surface area contributed by atoms with Crippen LogP contribution in [-0.4, -0.2) is 24.1 Å². The Morgan fingerprint density at radius 3 is 1.35 bits per heavy atom. The fourth-order valence-electron chi connectivity index (χ4n) is 11.3. The van der Waals surface area contributed by atoms with E-state index in [4.69, 9.17) is 19.4 Å². The third-order valence-corrected chi connectivity index (χ3v) is 14.8. The van der Waals surface area contributed by atoms with E-state index in [1.807, 2.05) is 60.7 Å². The second-order valence-corrected chi connectivity index (χ2v) is 19.2. The van der Waals surface area contributed by atoms with Crippen LogP contribution in [0.1, 0.15) is 0 Å². The molecule has 0 aliphatic carbocycles. The topological polar surface area (TPSA) is 61.7 Å². The molecule has 0 saturated carbocycles. The van der Waals surface area contributed by atoms with E-state index in [9.17, 15) is 0 Å². The number of para-hydroxylation sites is 3. The number of benzene rings is 11. The molecule has 0 atom stereocenters. The Kier molecular flexibility index (Phi) is 9.78. The van der Waals surface area contributed by atoms with Crippen molar-refractivity contribution in [3.8, 4) is 78.9 Å². The van der Waals surface area contributed by atoms with Crippen LogP contribution in [0.5, 0.6) is 0 Å². The normalized spacial score (nSPS) is 11.7. The van der Waals surface area contributed by atoms with Crippen molar-refractivity contribution >= 4 is 65.6 Å². The van der Waals surface area contributed by atoms with Crippen LogP contribution in [0.15, 0.2) is 265 Å². The van der Waals surface area contributed by atoms with Crippen molar-refractivity contribution in [2.24, 2.45) is 0 Å². The standard InChI is InChI=1S/C69H43N5O/c1-5-17-44(18-6-1)67-70-68(45-19-7-2-8-20-45)72-69(71-67)51-22-15-21-50(39-51)54-28-16-30-65-66(54)59-42-48(34-38-64(59)75-65)46-32-37-62-58(40-46)56-35-31-49(43-63(56)74(62)53-25-11-4-12-26-53)47-33-36-61-57(41-47)55-27-13-14-29-60(55)73(61)52-23-9-3-10-24-52/h1-43H. The van der Waals surface area contributed by atoms with Crippen LogP contribution in [0, 0.1) is 0 Å². The molecule has 0 bridgehead atoms. The van der Waals surface area contributed by atoms with Gasteiger partial charge in [0.15, 0.2) is 17.5 Å².